The average molecular weight is 303 g/mol. The molecule has 0 amide bonds. The van der Waals surface area contributed by atoms with Crippen LogP contribution in [0.25, 0.3) is 0 Å². The highest BCUT2D eigenvalue weighted by Crippen LogP contribution is 2.22. The molecular weight excluding hydrogens is 288 g/mol. The topological polar surface area (TPSA) is 90.2 Å². The third-order valence-electron chi connectivity index (χ3n) is 2.60. The lowest BCUT2D eigenvalue weighted by Gasteiger charge is -2.15. The van der Waals surface area contributed by atoms with Gasteiger partial charge in [-0.2, -0.15) is 5.26 Å². The van der Waals surface area contributed by atoms with Gasteiger partial charge in [-0.3, -0.25) is 0 Å². The number of nitrogens with one attached hydrogen (secondary N) is 1. The number of hydrogen-bond donors (Lipinski definition) is 2. The Morgan fingerprint density at radius 2 is 2.11 bits per heavy atom. The first-order valence-corrected chi connectivity index (χ1v) is 7.51. The minimum Gasteiger partial charge on any atom is -0.391 e. The van der Waals surface area contributed by atoms with Crippen molar-refractivity contribution in [2.75, 3.05) is 6.54 Å². The van der Waals surface area contributed by atoms with Gasteiger partial charge in [-0.25, -0.2) is 13.1 Å². The number of sulfonamides is 1. The maximum atomic E-state index is 12.0. The van der Waals surface area contributed by atoms with E-state index in [9.17, 15) is 13.5 Å². The first-order chi connectivity index (χ1) is 8.77. The molecule has 5 nitrogen and oxygen atoms in total. The van der Waals surface area contributed by atoms with Gasteiger partial charge in [0.1, 0.15) is 4.90 Å². The SMILES string of the molecule is CC(C)C(O)CNS(=O)(=O)c1ccc(C#N)cc1Cl. The molecule has 0 spiro atoms. The number of aliphatic hydroxyl groups excluding tert-OH is 1. The lowest BCUT2D eigenvalue weighted by molar-refractivity contribution is 0.129. The predicted octanol–water partition coefficient (Wildman–Crippen LogP) is 1.51. The van der Waals surface area contributed by atoms with Crippen molar-refractivity contribution in [3.8, 4) is 6.07 Å². The highest BCUT2D eigenvalue weighted by molar-refractivity contribution is 7.89. The van der Waals surface area contributed by atoms with Crippen LogP contribution in [0.5, 0.6) is 0 Å². The molecule has 0 fully saturated rings. The molecule has 7 heteroatoms. The van der Waals surface area contributed by atoms with Crippen molar-refractivity contribution < 1.29 is 13.5 Å². The molecule has 1 aromatic rings. The summed E-state index contributed by atoms with van der Waals surface area (Å²) in [6, 6.07) is 5.80. The van der Waals surface area contributed by atoms with Crippen molar-refractivity contribution >= 4 is 21.6 Å². The zero-order chi connectivity index (χ0) is 14.6. The summed E-state index contributed by atoms with van der Waals surface area (Å²) in [6.45, 7) is 3.48. The molecule has 0 aromatic heterocycles. The highest BCUT2D eigenvalue weighted by atomic mass is 35.5. The number of nitrogens with zero attached hydrogens (tertiary/aromatic N) is 1. The summed E-state index contributed by atoms with van der Waals surface area (Å²) in [5.41, 5.74) is 0.283. The van der Waals surface area contributed by atoms with Crippen LogP contribution in [-0.4, -0.2) is 26.2 Å². The zero-order valence-electron chi connectivity index (χ0n) is 10.6. The van der Waals surface area contributed by atoms with Crippen molar-refractivity contribution in [1.29, 1.82) is 5.26 Å². The van der Waals surface area contributed by atoms with E-state index in [1.54, 1.807) is 13.8 Å². The van der Waals surface area contributed by atoms with E-state index in [0.717, 1.165) is 0 Å². The van der Waals surface area contributed by atoms with Gasteiger partial charge in [0.2, 0.25) is 10.0 Å². The predicted molar refractivity (Wildman–Crippen MR) is 72.2 cm³/mol. The van der Waals surface area contributed by atoms with Crippen molar-refractivity contribution in [1.82, 2.24) is 4.72 Å². The Labute approximate surface area is 117 Å². The van der Waals surface area contributed by atoms with Crippen LogP contribution in [0.1, 0.15) is 19.4 Å². The van der Waals surface area contributed by atoms with Crippen LogP contribution in [0.2, 0.25) is 5.02 Å². The van der Waals surface area contributed by atoms with Gasteiger partial charge >= 0.3 is 0 Å². The number of rotatable bonds is 5. The third kappa shape index (κ3) is 4.18. The molecule has 19 heavy (non-hydrogen) atoms. The van der Waals surface area contributed by atoms with Crippen LogP contribution in [0.15, 0.2) is 23.1 Å². The molecule has 0 bridgehead atoms. The Morgan fingerprint density at radius 1 is 1.47 bits per heavy atom. The van der Waals surface area contributed by atoms with E-state index in [2.05, 4.69) is 4.72 Å². The monoisotopic (exact) mass is 302 g/mol. The fourth-order valence-electron chi connectivity index (χ4n) is 1.30. The Balaban J connectivity index is 2.93. The standard InChI is InChI=1S/C12H15ClN2O3S/c1-8(2)11(16)7-15-19(17,18)12-4-3-9(6-14)5-10(12)13/h3-5,8,11,15-16H,7H2,1-2H3. The second-order valence-electron chi connectivity index (χ2n) is 4.42. The quantitative estimate of drug-likeness (QED) is 0.862. The fourth-order valence-corrected chi connectivity index (χ4v) is 2.89. The van der Waals surface area contributed by atoms with Crippen LogP contribution in [0.3, 0.4) is 0 Å². The molecule has 0 aliphatic rings. The van der Waals surface area contributed by atoms with Gasteiger partial charge in [-0.1, -0.05) is 25.4 Å². The zero-order valence-corrected chi connectivity index (χ0v) is 12.2. The first-order valence-electron chi connectivity index (χ1n) is 5.65. The van der Waals surface area contributed by atoms with Gasteiger partial charge in [0.15, 0.2) is 0 Å². The van der Waals surface area contributed by atoms with Gasteiger partial charge in [0.25, 0.3) is 0 Å². The maximum absolute atomic E-state index is 12.0. The smallest absolute Gasteiger partial charge is 0.242 e. The number of halogens is 1. The van der Waals surface area contributed by atoms with Gasteiger partial charge in [0.05, 0.1) is 22.8 Å². The number of hydrogen-bond acceptors (Lipinski definition) is 4. The van der Waals surface area contributed by atoms with Crippen molar-refractivity contribution in [3.05, 3.63) is 28.8 Å². The molecule has 0 radical (unpaired) electrons. The lowest BCUT2D eigenvalue weighted by atomic mass is 10.1. The minimum absolute atomic E-state index is 0.0226. The second-order valence-corrected chi connectivity index (χ2v) is 6.56. The fraction of sp³-hybridized carbons (Fsp3) is 0.417. The molecule has 2 N–H and O–H groups in total. The van der Waals surface area contributed by atoms with Crippen molar-refractivity contribution in [2.45, 2.75) is 24.8 Å². The summed E-state index contributed by atoms with van der Waals surface area (Å²) < 4.78 is 26.3. The molecule has 1 atom stereocenters. The van der Waals surface area contributed by atoms with Gasteiger partial charge < -0.3 is 5.11 Å². The summed E-state index contributed by atoms with van der Waals surface area (Å²) >= 11 is 5.84. The molecule has 1 rings (SSSR count). The van der Waals surface area contributed by atoms with Gasteiger partial charge in [-0.15, -0.1) is 0 Å². The summed E-state index contributed by atoms with van der Waals surface area (Å²) in [4.78, 5) is -0.107. The second kappa shape index (κ2) is 6.35. The van der Waals surface area contributed by atoms with Crippen molar-refractivity contribution in [2.24, 2.45) is 5.92 Å². The van der Waals surface area contributed by atoms with E-state index in [1.807, 2.05) is 6.07 Å². The molecule has 0 saturated heterocycles. The summed E-state index contributed by atoms with van der Waals surface area (Å²) in [7, 11) is -3.80. The molecule has 0 aliphatic heterocycles. The van der Waals surface area contributed by atoms with Crippen LogP contribution < -0.4 is 4.72 Å². The Morgan fingerprint density at radius 3 is 2.58 bits per heavy atom. The molecular formula is C12H15ClN2O3S. The largest absolute Gasteiger partial charge is 0.391 e. The third-order valence-corrected chi connectivity index (χ3v) is 4.51. The first kappa shape index (κ1) is 15.9. The molecule has 0 heterocycles. The normalized spacial score (nSPS) is 13.3. The number of aliphatic hydroxyl groups is 1. The maximum Gasteiger partial charge on any atom is 0.242 e. The Hall–Kier alpha value is -1.13. The van der Waals surface area contributed by atoms with Gasteiger partial charge in [0, 0.05) is 6.54 Å². The number of nitriles is 1. The minimum atomic E-state index is -3.80. The lowest BCUT2D eigenvalue weighted by Crippen LogP contribution is -2.34. The van der Waals surface area contributed by atoms with Gasteiger partial charge in [-0.05, 0) is 24.1 Å². The highest BCUT2D eigenvalue weighted by Gasteiger charge is 2.20. The molecule has 0 saturated carbocycles. The van der Waals surface area contributed by atoms with Crippen LogP contribution in [-0.2, 0) is 10.0 Å². The van der Waals surface area contributed by atoms with E-state index in [1.165, 1.54) is 18.2 Å². The van der Waals surface area contributed by atoms with E-state index < -0.39 is 16.1 Å². The summed E-state index contributed by atoms with van der Waals surface area (Å²) in [5.74, 6) is -0.0564. The molecule has 1 aromatic carbocycles. The number of benzene rings is 1. The molecule has 1 unspecified atom stereocenters. The van der Waals surface area contributed by atoms with E-state index in [0.29, 0.717) is 0 Å². The van der Waals surface area contributed by atoms with Crippen LogP contribution in [0, 0.1) is 17.2 Å². The summed E-state index contributed by atoms with van der Waals surface area (Å²) in [6.07, 6.45) is -0.771. The van der Waals surface area contributed by atoms with Crippen LogP contribution in [0.4, 0.5) is 0 Å². The Bertz CT molecular complexity index is 593. The van der Waals surface area contributed by atoms with Crippen molar-refractivity contribution in [3.63, 3.8) is 0 Å². The molecule has 0 aliphatic carbocycles. The van der Waals surface area contributed by atoms with E-state index in [4.69, 9.17) is 16.9 Å². The Kier molecular flexibility index (Phi) is 5.32. The van der Waals surface area contributed by atoms with E-state index >= 15 is 0 Å². The van der Waals surface area contributed by atoms with Crippen LogP contribution >= 0.6 is 11.6 Å². The average Bonchev–Trinajstić information content (AvgIpc) is 2.35. The van der Waals surface area contributed by atoms with E-state index in [-0.39, 0.29) is 27.9 Å². The summed E-state index contributed by atoms with van der Waals surface area (Å²) in [5, 5.41) is 18.2. The molecule has 104 valence electrons.